The number of piperazine rings is 1. The highest BCUT2D eigenvalue weighted by molar-refractivity contribution is 5.68. The van der Waals surface area contributed by atoms with Crippen LogP contribution in [0.2, 0.25) is 0 Å². The molecule has 0 atom stereocenters. The summed E-state index contributed by atoms with van der Waals surface area (Å²) in [4.78, 5) is 27.2. The second-order valence-corrected chi connectivity index (χ2v) is 8.61. The van der Waals surface area contributed by atoms with Crippen LogP contribution in [0, 0.1) is 0 Å². The lowest BCUT2D eigenvalue weighted by molar-refractivity contribution is 0.313. The number of aromatic nitrogens is 6. The number of nitrogens with one attached hydrogen (secondary N) is 1. The van der Waals surface area contributed by atoms with Crippen molar-refractivity contribution in [2.24, 2.45) is 0 Å². The summed E-state index contributed by atoms with van der Waals surface area (Å²) in [5.74, 6) is 1.19. The smallest absolute Gasteiger partial charge is 0.228 e. The van der Waals surface area contributed by atoms with Crippen molar-refractivity contribution in [2.45, 2.75) is 0 Å². The zero-order valence-electron chi connectivity index (χ0n) is 19.4. The molecule has 0 radical (unpaired) electrons. The van der Waals surface area contributed by atoms with Crippen molar-refractivity contribution in [3.8, 4) is 22.5 Å². The normalized spacial score (nSPS) is 14.4. The molecule has 1 aliphatic rings. The molecule has 0 bridgehead atoms. The summed E-state index contributed by atoms with van der Waals surface area (Å²) >= 11 is 0. The van der Waals surface area contributed by atoms with Gasteiger partial charge in [-0.05, 0) is 43.4 Å². The van der Waals surface area contributed by atoms with E-state index < -0.39 is 0 Å². The van der Waals surface area contributed by atoms with Crippen molar-refractivity contribution in [3.63, 3.8) is 0 Å². The minimum Gasteiger partial charge on any atom is -0.368 e. The third-order valence-corrected chi connectivity index (χ3v) is 6.27. The van der Waals surface area contributed by atoms with Gasteiger partial charge in [-0.25, -0.2) is 19.9 Å². The fraction of sp³-hybridized carbons (Fsp3) is 0.192. The van der Waals surface area contributed by atoms with Gasteiger partial charge in [-0.15, -0.1) is 0 Å². The van der Waals surface area contributed by atoms with Crippen LogP contribution in [0.3, 0.4) is 0 Å². The van der Waals surface area contributed by atoms with Crippen LogP contribution in [0.4, 0.5) is 17.5 Å². The number of likely N-dealkylation sites (N-methyl/N-ethyl adjacent to an activating group) is 1. The Bertz CT molecular complexity index is 1440. The first-order chi connectivity index (χ1) is 17.2. The first-order valence-corrected chi connectivity index (χ1v) is 11.6. The second-order valence-electron chi connectivity index (χ2n) is 8.61. The Morgan fingerprint density at radius 3 is 2.51 bits per heavy atom. The molecule has 174 valence electrons. The number of hydrogen-bond acceptors (Lipinski definition) is 8. The largest absolute Gasteiger partial charge is 0.368 e. The predicted octanol–water partition coefficient (Wildman–Crippen LogP) is 3.74. The molecule has 5 aromatic rings. The number of pyridine rings is 3. The van der Waals surface area contributed by atoms with Crippen molar-refractivity contribution >= 4 is 23.1 Å². The van der Waals surface area contributed by atoms with E-state index in [9.17, 15) is 0 Å². The first-order valence-electron chi connectivity index (χ1n) is 11.6. The highest BCUT2D eigenvalue weighted by atomic mass is 15.3. The van der Waals surface area contributed by atoms with Gasteiger partial charge in [-0.2, -0.15) is 0 Å². The lowest BCUT2D eigenvalue weighted by Crippen LogP contribution is -2.44. The molecule has 1 saturated heterocycles. The standard InChI is InChI=1S/C26H25N9/c1-33-11-13-34(14-12-33)21-5-6-24(29-16-21)32-26-28-10-8-22(31-26)23-17-30-25-7-4-20(18-35(23)25)19-3-2-9-27-15-19/h2-10,15-18H,11-14H2,1H3,(H,28,29,31,32). The molecule has 6 rings (SSSR count). The van der Waals surface area contributed by atoms with Gasteiger partial charge in [-0.1, -0.05) is 6.07 Å². The van der Waals surface area contributed by atoms with Gasteiger partial charge >= 0.3 is 0 Å². The van der Waals surface area contributed by atoms with Gasteiger partial charge in [0.15, 0.2) is 0 Å². The van der Waals surface area contributed by atoms with Gasteiger partial charge < -0.3 is 15.1 Å². The zero-order chi connectivity index (χ0) is 23.6. The number of hydrogen-bond donors (Lipinski definition) is 1. The molecule has 1 aliphatic heterocycles. The molecule has 1 fully saturated rings. The number of imidazole rings is 1. The lowest BCUT2D eigenvalue weighted by Gasteiger charge is -2.33. The predicted molar refractivity (Wildman–Crippen MR) is 137 cm³/mol. The van der Waals surface area contributed by atoms with Crippen LogP contribution < -0.4 is 10.2 Å². The van der Waals surface area contributed by atoms with E-state index in [1.165, 1.54) is 0 Å². The molecule has 0 aliphatic carbocycles. The number of anilines is 3. The summed E-state index contributed by atoms with van der Waals surface area (Å²) in [6.07, 6.45) is 11.2. The van der Waals surface area contributed by atoms with E-state index in [0.717, 1.165) is 60.0 Å². The van der Waals surface area contributed by atoms with Crippen LogP contribution >= 0.6 is 0 Å². The average Bonchev–Trinajstić information content (AvgIpc) is 3.34. The van der Waals surface area contributed by atoms with E-state index >= 15 is 0 Å². The second kappa shape index (κ2) is 9.11. The summed E-state index contributed by atoms with van der Waals surface area (Å²) in [5.41, 5.74) is 5.74. The Morgan fingerprint density at radius 2 is 1.71 bits per heavy atom. The minimum absolute atomic E-state index is 0.487. The Labute approximate surface area is 203 Å². The molecule has 0 saturated carbocycles. The quantitative estimate of drug-likeness (QED) is 0.422. The van der Waals surface area contributed by atoms with Crippen LogP contribution in [-0.2, 0) is 0 Å². The van der Waals surface area contributed by atoms with Crippen LogP contribution in [0.15, 0.2) is 79.6 Å². The first kappa shape index (κ1) is 21.2. The molecule has 5 aromatic heterocycles. The van der Waals surface area contributed by atoms with E-state index in [2.05, 4.69) is 54.4 Å². The molecule has 0 spiro atoms. The summed E-state index contributed by atoms with van der Waals surface area (Å²) in [5, 5.41) is 3.23. The van der Waals surface area contributed by atoms with Gasteiger partial charge in [0.25, 0.3) is 0 Å². The Morgan fingerprint density at radius 1 is 0.800 bits per heavy atom. The van der Waals surface area contributed by atoms with Crippen LogP contribution in [0.1, 0.15) is 0 Å². The highest BCUT2D eigenvalue weighted by Crippen LogP contribution is 2.25. The maximum atomic E-state index is 4.73. The Balaban J connectivity index is 1.24. The molecule has 0 aromatic carbocycles. The average molecular weight is 464 g/mol. The van der Waals surface area contributed by atoms with E-state index in [0.29, 0.717) is 11.8 Å². The van der Waals surface area contributed by atoms with Gasteiger partial charge in [0.2, 0.25) is 5.95 Å². The monoisotopic (exact) mass is 463 g/mol. The van der Waals surface area contributed by atoms with Crippen molar-refractivity contribution in [3.05, 3.63) is 79.6 Å². The van der Waals surface area contributed by atoms with Crippen molar-refractivity contribution in [1.82, 2.24) is 34.2 Å². The van der Waals surface area contributed by atoms with Crippen molar-refractivity contribution in [1.29, 1.82) is 0 Å². The minimum atomic E-state index is 0.487. The lowest BCUT2D eigenvalue weighted by atomic mass is 10.1. The van der Waals surface area contributed by atoms with Gasteiger partial charge in [0.05, 0.1) is 29.5 Å². The molecule has 0 unspecified atom stereocenters. The molecule has 1 N–H and O–H groups in total. The Hall–Kier alpha value is -4.37. The van der Waals surface area contributed by atoms with E-state index in [-0.39, 0.29) is 0 Å². The maximum Gasteiger partial charge on any atom is 0.228 e. The fourth-order valence-electron chi connectivity index (χ4n) is 4.26. The molecule has 6 heterocycles. The van der Waals surface area contributed by atoms with Crippen LogP contribution in [-0.4, -0.2) is 67.4 Å². The zero-order valence-corrected chi connectivity index (χ0v) is 19.4. The molecule has 35 heavy (non-hydrogen) atoms. The van der Waals surface area contributed by atoms with Crippen LogP contribution in [0.5, 0.6) is 0 Å². The van der Waals surface area contributed by atoms with Crippen molar-refractivity contribution in [2.75, 3.05) is 43.4 Å². The summed E-state index contributed by atoms with van der Waals surface area (Å²) in [6, 6.07) is 14.0. The fourth-order valence-corrected chi connectivity index (χ4v) is 4.26. The third kappa shape index (κ3) is 4.41. The molecular weight excluding hydrogens is 438 g/mol. The molecular formula is C26H25N9. The number of rotatable bonds is 5. The molecule has 0 amide bonds. The Kier molecular flexibility index (Phi) is 5.51. The van der Waals surface area contributed by atoms with Gasteiger partial charge in [0, 0.05) is 62.1 Å². The highest BCUT2D eigenvalue weighted by Gasteiger charge is 2.15. The van der Waals surface area contributed by atoms with Gasteiger partial charge in [-0.3, -0.25) is 9.38 Å². The summed E-state index contributed by atoms with van der Waals surface area (Å²) in [7, 11) is 2.16. The van der Waals surface area contributed by atoms with Crippen molar-refractivity contribution < 1.29 is 0 Å². The number of fused-ring (bicyclic) bond motifs is 1. The van der Waals surface area contributed by atoms with E-state index in [1.54, 1.807) is 12.4 Å². The summed E-state index contributed by atoms with van der Waals surface area (Å²) < 4.78 is 2.04. The van der Waals surface area contributed by atoms with Crippen LogP contribution in [0.25, 0.3) is 28.2 Å². The third-order valence-electron chi connectivity index (χ3n) is 6.27. The summed E-state index contributed by atoms with van der Waals surface area (Å²) in [6.45, 7) is 4.15. The SMILES string of the molecule is CN1CCN(c2ccc(Nc3nccc(-c4cnc5ccc(-c6cccnc6)cn45)n3)nc2)CC1. The molecule has 9 heteroatoms. The maximum absolute atomic E-state index is 4.73. The molecule has 9 nitrogen and oxygen atoms in total. The van der Waals surface area contributed by atoms with Gasteiger partial charge in [0.1, 0.15) is 11.5 Å². The number of nitrogens with zero attached hydrogens (tertiary/aromatic N) is 8. The van der Waals surface area contributed by atoms with E-state index in [4.69, 9.17) is 4.98 Å². The topological polar surface area (TPSA) is 87.4 Å². The van der Waals surface area contributed by atoms with E-state index in [1.807, 2.05) is 59.4 Å².